The third-order valence-corrected chi connectivity index (χ3v) is 4.46. The molecule has 2 heteroatoms. The summed E-state index contributed by atoms with van der Waals surface area (Å²) in [7, 11) is 2.01. The maximum Gasteiger partial charge on any atom is 0.0661 e. The Hall–Kier alpha value is -0.860. The van der Waals surface area contributed by atoms with Crippen LogP contribution in [0, 0.1) is 19.8 Å². The summed E-state index contributed by atoms with van der Waals surface area (Å²) < 4.78 is 5.86. The molecule has 1 aromatic carbocycles. The van der Waals surface area contributed by atoms with Gasteiger partial charge >= 0.3 is 0 Å². The molecule has 0 aliphatic heterocycles. The first-order chi connectivity index (χ1) is 9.20. The van der Waals surface area contributed by atoms with E-state index in [9.17, 15) is 0 Å². The minimum atomic E-state index is 0.306. The molecule has 0 aromatic heterocycles. The second-order valence-corrected chi connectivity index (χ2v) is 5.85. The highest BCUT2D eigenvalue weighted by atomic mass is 16.5. The molecule has 0 heterocycles. The molecule has 2 rings (SSSR count). The van der Waals surface area contributed by atoms with Gasteiger partial charge in [0, 0.05) is 6.61 Å². The van der Waals surface area contributed by atoms with Crippen molar-refractivity contribution in [1.82, 2.24) is 5.32 Å². The van der Waals surface area contributed by atoms with Crippen LogP contribution in [0.25, 0.3) is 0 Å². The molecule has 1 atom stereocenters. The standard InChI is InChI=1S/C17H27NO/c1-13-7-8-16(11-14(13)2)17(18-3)12-19-10-9-15-5-4-6-15/h7-8,11,15,17-18H,4-6,9-10,12H2,1-3H3. The van der Waals surface area contributed by atoms with Gasteiger partial charge in [-0.05, 0) is 49.9 Å². The Kier molecular flexibility index (Phi) is 5.41. The molecule has 0 radical (unpaired) electrons. The molecule has 1 aromatic rings. The van der Waals surface area contributed by atoms with Gasteiger partial charge in [0.15, 0.2) is 0 Å². The molecule has 0 spiro atoms. The third-order valence-electron chi connectivity index (χ3n) is 4.46. The average Bonchev–Trinajstić information content (AvgIpc) is 2.35. The fourth-order valence-corrected chi connectivity index (χ4v) is 2.56. The Balaban J connectivity index is 1.79. The largest absolute Gasteiger partial charge is 0.379 e. The van der Waals surface area contributed by atoms with E-state index in [1.54, 1.807) is 0 Å². The van der Waals surface area contributed by atoms with Crippen LogP contribution in [0.5, 0.6) is 0 Å². The highest BCUT2D eigenvalue weighted by Gasteiger charge is 2.17. The normalized spacial score (nSPS) is 17.2. The lowest BCUT2D eigenvalue weighted by atomic mass is 9.83. The average molecular weight is 261 g/mol. The van der Waals surface area contributed by atoms with E-state index < -0.39 is 0 Å². The molecular formula is C17H27NO. The Labute approximate surface area is 117 Å². The molecule has 0 amide bonds. The maximum atomic E-state index is 5.86. The second kappa shape index (κ2) is 7.06. The topological polar surface area (TPSA) is 21.3 Å². The van der Waals surface area contributed by atoms with Gasteiger partial charge in [0.05, 0.1) is 12.6 Å². The van der Waals surface area contributed by atoms with Gasteiger partial charge < -0.3 is 10.1 Å². The van der Waals surface area contributed by atoms with Crippen LogP contribution in [-0.2, 0) is 4.74 Å². The van der Waals surface area contributed by atoms with Crippen molar-refractivity contribution in [2.24, 2.45) is 5.92 Å². The lowest BCUT2D eigenvalue weighted by Gasteiger charge is -2.25. The van der Waals surface area contributed by atoms with Crippen LogP contribution in [0.4, 0.5) is 0 Å². The van der Waals surface area contributed by atoms with Gasteiger partial charge in [-0.25, -0.2) is 0 Å². The number of nitrogens with one attached hydrogen (secondary N) is 1. The van der Waals surface area contributed by atoms with E-state index >= 15 is 0 Å². The van der Waals surface area contributed by atoms with Crippen LogP contribution in [-0.4, -0.2) is 20.3 Å². The van der Waals surface area contributed by atoms with Crippen LogP contribution in [0.3, 0.4) is 0 Å². The van der Waals surface area contributed by atoms with E-state index in [-0.39, 0.29) is 0 Å². The van der Waals surface area contributed by atoms with E-state index in [4.69, 9.17) is 4.74 Å². The zero-order valence-electron chi connectivity index (χ0n) is 12.5. The fourth-order valence-electron chi connectivity index (χ4n) is 2.56. The molecule has 1 N–H and O–H groups in total. The van der Waals surface area contributed by atoms with Gasteiger partial charge in [0.1, 0.15) is 0 Å². The molecule has 1 aliphatic carbocycles. The van der Waals surface area contributed by atoms with E-state index in [0.29, 0.717) is 6.04 Å². The Morgan fingerprint density at radius 3 is 2.63 bits per heavy atom. The quantitative estimate of drug-likeness (QED) is 0.754. The number of benzene rings is 1. The van der Waals surface area contributed by atoms with Crippen molar-refractivity contribution in [3.63, 3.8) is 0 Å². The Bertz CT molecular complexity index is 398. The predicted molar refractivity (Wildman–Crippen MR) is 80.5 cm³/mol. The molecule has 2 nitrogen and oxygen atoms in total. The van der Waals surface area contributed by atoms with Gasteiger partial charge in [-0.2, -0.15) is 0 Å². The van der Waals surface area contributed by atoms with Crippen LogP contribution in [0.2, 0.25) is 0 Å². The van der Waals surface area contributed by atoms with Crippen molar-refractivity contribution in [1.29, 1.82) is 0 Å². The monoisotopic (exact) mass is 261 g/mol. The highest BCUT2D eigenvalue weighted by Crippen LogP contribution is 2.29. The summed E-state index contributed by atoms with van der Waals surface area (Å²) in [5.41, 5.74) is 4.03. The van der Waals surface area contributed by atoms with Gasteiger partial charge in [0.2, 0.25) is 0 Å². The second-order valence-electron chi connectivity index (χ2n) is 5.85. The van der Waals surface area contributed by atoms with Crippen molar-refractivity contribution in [3.8, 4) is 0 Å². The maximum absolute atomic E-state index is 5.86. The Morgan fingerprint density at radius 1 is 1.26 bits per heavy atom. The Morgan fingerprint density at radius 2 is 2.05 bits per heavy atom. The number of aryl methyl sites for hydroxylation is 2. The third kappa shape index (κ3) is 4.05. The summed E-state index contributed by atoms with van der Waals surface area (Å²) in [4.78, 5) is 0. The van der Waals surface area contributed by atoms with E-state index in [1.165, 1.54) is 42.4 Å². The number of rotatable bonds is 7. The summed E-state index contributed by atoms with van der Waals surface area (Å²) >= 11 is 0. The van der Waals surface area contributed by atoms with Gasteiger partial charge in [0.25, 0.3) is 0 Å². The molecule has 0 bridgehead atoms. The zero-order valence-corrected chi connectivity index (χ0v) is 12.5. The van der Waals surface area contributed by atoms with Crippen LogP contribution >= 0.6 is 0 Å². The molecule has 1 unspecified atom stereocenters. The van der Waals surface area contributed by atoms with Crippen LogP contribution in [0.1, 0.15) is 48.4 Å². The SMILES string of the molecule is CNC(COCCC1CCC1)c1ccc(C)c(C)c1. The molecule has 1 fully saturated rings. The number of hydrogen-bond donors (Lipinski definition) is 1. The van der Waals surface area contributed by atoms with Crippen molar-refractivity contribution in [2.75, 3.05) is 20.3 Å². The first kappa shape index (κ1) is 14.5. The summed E-state index contributed by atoms with van der Waals surface area (Å²) in [5.74, 6) is 0.939. The number of ether oxygens (including phenoxy) is 1. The van der Waals surface area contributed by atoms with Crippen LogP contribution < -0.4 is 5.32 Å². The van der Waals surface area contributed by atoms with Gasteiger partial charge in [-0.3, -0.25) is 0 Å². The van der Waals surface area contributed by atoms with Crippen molar-refractivity contribution in [3.05, 3.63) is 34.9 Å². The summed E-state index contributed by atoms with van der Waals surface area (Å²) in [6.07, 6.45) is 5.49. The lowest BCUT2D eigenvalue weighted by molar-refractivity contribution is 0.0904. The molecule has 1 aliphatic rings. The first-order valence-electron chi connectivity index (χ1n) is 7.53. The summed E-state index contributed by atoms with van der Waals surface area (Å²) in [5, 5.41) is 3.36. The number of hydrogen-bond acceptors (Lipinski definition) is 2. The van der Waals surface area contributed by atoms with Crippen molar-refractivity contribution in [2.45, 2.75) is 45.6 Å². The molecule has 0 saturated heterocycles. The summed E-state index contributed by atoms with van der Waals surface area (Å²) in [6, 6.07) is 6.98. The van der Waals surface area contributed by atoms with Gasteiger partial charge in [-0.1, -0.05) is 37.5 Å². The molecule has 1 saturated carbocycles. The van der Waals surface area contributed by atoms with E-state index in [0.717, 1.165) is 19.1 Å². The zero-order chi connectivity index (χ0) is 13.7. The smallest absolute Gasteiger partial charge is 0.0661 e. The predicted octanol–water partition coefficient (Wildman–Crippen LogP) is 3.77. The summed E-state index contributed by atoms with van der Waals surface area (Å²) in [6.45, 7) is 6.00. The number of likely N-dealkylation sites (N-methyl/N-ethyl adjacent to an activating group) is 1. The van der Waals surface area contributed by atoms with Crippen LogP contribution in [0.15, 0.2) is 18.2 Å². The first-order valence-corrected chi connectivity index (χ1v) is 7.53. The van der Waals surface area contributed by atoms with E-state index in [1.807, 2.05) is 7.05 Å². The minimum Gasteiger partial charge on any atom is -0.379 e. The molecule has 106 valence electrons. The lowest BCUT2D eigenvalue weighted by Crippen LogP contribution is -2.23. The molecule has 19 heavy (non-hydrogen) atoms. The highest BCUT2D eigenvalue weighted by molar-refractivity contribution is 5.31. The fraction of sp³-hybridized carbons (Fsp3) is 0.647. The van der Waals surface area contributed by atoms with Gasteiger partial charge in [-0.15, -0.1) is 0 Å². The van der Waals surface area contributed by atoms with Crippen molar-refractivity contribution >= 4 is 0 Å². The van der Waals surface area contributed by atoms with Crippen molar-refractivity contribution < 1.29 is 4.74 Å². The van der Waals surface area contributed by atoms with E-state index in [2.05, 4.69) is 37.4 Å². The molecular weight excluding hydrogens is 234 g/mol. The minimum absolute atomic E-state index is 0.306.